The van der Waals surface area contributed by atoms with Gasteiger partial charge in [0, 0.05) is 25.2 Å². The van der Waals surface area contributed by atoms with E-state index in [1.165, 1.54) is 0 Å². The monoisotopic (exact) mass is 487 g/mol. The summed E-state index contributed by atoms with van der Waals surface area (Å²) in [5, 5.41) is 8.42. The molecule has 0 bridgehead atoms. The second-order valence-electron chi connectivity index (χ2n) is 9.40. The van der Waals surface area contributed by atoms with Crippen molar-refractivity contribution in [2.45, 2.75) is 45.3 Å². The first-order valence-electron chi connectivity index (χ1n) is 11.9. The van der Waals surface area contributed by atoms with Gasteiger partial charge in [-0.25, -0.2) is 4.79 Å². The van der Waals surface area contributed by atoms with Crippen LogP contribution in [-0.2, 0) is 20.9 Å². The topological polar surface area (TPSA) is 96.5 Å². The van der Waals surface area contributed by atoms with E-state index < -0.39 is 17.6 Å². The van der Waals surface area contributed by atoms with Gasteiger partial charge >= 0.3 is 6.09 Å². The van der Waals surface area contributed by atoms with Crippen LogP contribution in [0.5, 0.6) is 0 Å². The lowest BCUT2D eigenvalue weighted by Crippen LogP contribution is -2.35. The van der Waals surface area contributed by atoms with Crippen LogP contribution in [0.3, 0.4) is 0 Å². The average Bonchev–Trinajstić information content (AvgIpc) is 2.83. The summed E-state index contributed by atoms with van der Waals surface area (Å²) < 4.78 is 5.15. The summed E-state index contributed by atoms with van der Waals surface area (Å²) in [5.74, 6) is -0.788. The fourth-order valence-corrected chi connectivity index (χ4v) is 3.64. The second-order valence-corrected chi connectivity index (χ2v) is 9.40. The lowest BCUT2D eigenvalue weighted by molar-refractivity contribution is -0.121. The van der Waals surface area contributed by atoms with Gasteiger partial charge in [0.25, 0.3) is 0 Å². The molecule has 3 aromatic carbocycles. The quantitative estimate of drug-likeness (QED) is 0.396. The van der Waals surface area contributed by atoms with Crippen LogP contribution in [0, 0.1) is 0 Å². The smallest absolute Gasteiger partial charge is 0.407 e. The normalized spacial score (nSPS) is 11.0. The summed E-state index contributed by atoms with van der Waals surface area (Å²) in [4.78, 5) is 37.2. The molecule has 7 heteroatoms. The zero-order valence-electron chi connectivity index (χ0n) is 20.9. The highest BCUT2D eigenvalue weighted by Gasteiger charge is 2.22. The van der Waals surface area contributed by atoms with Gasteiger partial charge in [-0.05, 0) is 49.6 Å². The predicted molar refractivity (Wildman–Crippen MR) is 140 cm³/mol. The van der Waals surface area contributed by atoms with Crippen molar-refractivity contribution in [3.63, 3.8) is 0 Å². The molecule has 0 fully saturated rings. The Morgan fingerprint density at radius 1 is 0.806 bits per heavy atom. The molecule has 3 amide bonds. The third-order valence-electron chi connectivity index (χ3n) is 5.23. The number of alkyl carbamates (subject to hydrolysis) is 1. The summed E-state index contributed by atoms with van der Waals surface area (Å²) in [6.07, 6.45) is -0.422. The van der Waals surface area contributed by atoms with Crippen LogP contribution in [0.1, 0.15) is 49.8 Å². The summed E-state index contributed by atoms with van der Waals surface area (Å²) in [6.45, 7) is 5.81. The molecule has 0 unspecified atom stereocenters. The molecule has 0 atom stereocenters. The molecule has 0 heterocycles. The van der Waals surface area contributed by atoms with Crippen LogP contribution in [0.15, 0.2) is 84.9 Å². The molecule has 36 heavy (non-hydrogen) atoms. The Labute approximate surface area is 212 Å². The molecule has 0 spiro atoms. The van der Waals surface area contributed by atoms with E-state index in [1.54, 1.807) is 20.8 Å². The van der Waals surface area contributed by atoms with Gasteiger partial charge in [0.1, 0.15) is 5.60 Å². The number of nitrogens with one attached hydrogen (secondary N) is 3. The number of benzene rings is 3. The number of carbonyl (C=O) groups is 3. The minimum absolute atomic E-state index is 0.130. The van der Waals surface area contributed by atoms with E-state index in [4.69, 9.17) is 4.74 Å². The van der Waals surface area contributed by atoms with E-state index in [2.05, 4.69) is 16.0 Å². The molecular formula is C29H33N3O4. The third-order valence-corrected chi connectivity index (χ3v) is 5.23. The average molecular weight is 488 g/mol. The van der Waals surface area contributed by atoms with Crippen LogP contribution in [0.25, 0.3) is 0 Å². The first-order chi connectivity index (χ1) is 17.2. The first kappa shape index (κ1) is 26.5. The SMILES string of the molecule is CC(C)(C)OC(=O)NCCC(=O)NCc1cccc(NC(=O)C(c2ccccc2)c2ccccc2)c1. The minimum Gasteiger partial charge on any atom is -0.444 e. The molecule has 0 saturated carbocycles. The Balaban J connectivity index is 1.56. The second kappa shape index (κ2) is 12.5. The van der Waals surface area contributed by atoms with Crippen molar-refractivity contribution in [1.29, 1.82) is 0 Å². The predicted octanol–water partition coefficient (Wildman–Crippen LogP) is 4.99. The Morgan fingerprint density at radius 3 is 2.00 bits per heavy atom. The molecular weight excluding hydrogens is 454 g/mol. The van der Waals surface area contributed by atoms with E-state index >= 15 is 0 Å². The van der Waals surface area contributed by atoms with Gasteiger partial charge in [0.15, 0.2) is 0 Å². The minimum atomic E-state index is -0.588. The maximum Gasteiger partial charge on any atom is 0.407 e. The maximum absolute atomic E-state index is 13.3. The van der Waals surface area contributed by atoms with E-state index in [9.17, 15) is 14.4 Å². The molecule has 0 saturated heterocycles. The lowest BCUT2D eigenvalue weighted by atomic mass is 9.90. The number of carbonyl (C=O) groups excluding carboxylic acids is 3. The van der Waals surface area contributed by atoms with Gasteiger partial charge in [-0.1, -0.05) is 72.8 Å². The highest BCUT2D eigenvalue weighted by atomic mass is 16.6. The summed E-state index contributed by atoms with van der Waals surface area (Å²) >= 11 is 0. The number of hydrogen-bond acceptors (Lipinski definition) is 4. The molecule has 7 nitrogen and oxygen atoms in total. The molecule has 0 radical (unpaired) electrons. The maximum atomic E-state index is 13.3. The van der Waals surface area contributed by atoms with E-state index in [0.717, 1.165) is 16.7 Å². The number of ether oxygens (including phenoxy) is 1. The van der Waals surface area contributed by atoms with Gasteiger partial charge in [0.05, 0.1) is 5.92 Å². The summed E-state index contributed by atoms with van der Waals surface area (Å²) in [7, 11) is 0. The van der Waals surface area contributed by atoms with Crippen molar-refractivity contribution >= 4 is 23.6 Å². The van der Waals surface area contributed by atoms with Crippen LogP contribution >= 0.6 is 0 Å². The molecule has 3 rings (SSSR count). The van der Waals surface area contributed by atoms with Crippen molar-refractivity contribution in [2.75, 3.05) is 11.9 Å². The lowest BCUT2D eigenvalue weighted by Gasteiger charge is -2.19. The van der Waals surface area contributed by atoms with Crippen LogP contribution in [0.4, 0.5) is 10.5 Å². The van der Waals surface area contributed by atoms with E-state index in [0.29, 0.717) is 12.2 Å². The Morgan fingerprint density at radius 2 is 1.42 bits per heavy atom. The Bertz CT molecular complexity index is 1120. The zero-order chi connectivity index (χ0) is 26.0. The number of amides is 3. The molecule has 0 aliphatic heterocycles. The largest absolute Gasteiger partial charge is 0.444 e. The van der Waals surface area contributed by atoms with Crippen molar-refractivity contribution in [3.05, 3.63) is 102 Å². The fourth-order valence-electron chi connectivity index (χ4n) is 3.64. The van der Waals surface area contributed by atoms with Crippen molar-refractivity contribution in [3.8, 4) is 0 Å². The summed E-state index contributed by atoms with van der Waals surface area (Å²) in [6, 6.07) is 26.7. The Hall–Kier alpha value is -4.13. The van der Waals surface area contributed by atoms with Gasteiger partial charge in [-0.15, -0.1) is 0 Å². The zero-order valence-corrected chi connectivity index (χ0v) is 20.9. The van der Waals surface area contributed by atoms with E-state index in [-0.39, 0.29) is 24.8 Å². The van der Waals surface area contributed by atoms with Crippen molar-refractivity contribution < 1.29 is 19.1 Å². The van der Waals surface area contributed by atoms with Crippen molar-refractivity contribution in [1.82, 2.24) is 10.6 Å². The third kappa shape index (κ3) is 8.58. The molecule has 3 N–H and O–H groups in total. The number of rotatable bonds is 9. The van der Waals surface area contributed by atoms with Gasteiger partial charge in [-0.3, -0.25) is 9.59 Å². The van der Waals surface area contributed by atoms with Crippen LogP contribution in [0.2, 0.25) is 0 Å². The highest BCUT2D eigenvalue weighted by Crippen LogP contribution is 2.26. The standard InChI is InChI=1S/C29H33N3O4/c1-29(2,3)36-28(35)30-18-17-25(33)31-20-21-11-10-16-24(19-21)32-27(34)26(22-12-6-4-7-13-22)23-14-8-5-9-15-23/h4-16,19,26H,17-18,20H2,1-3H3,(H,30,35)(H,31,33)(H,32,34). The highest BCUT2D eigenvalue weighted by molar-refractivity contribution is 5.98. The summed E-state index contributed by atoms with van der Waals surface area (Å²) in [5.41, 5.74) is 2.72. The molecule has 0 aromatic heterocycles. The van der Waals surface area contributed by atoms with Gasteiger partial charge in [0.2, 0.25) is 11.8 Å². The van der Waals surface area contributed by atoms with Gasteiger partial charge < -0.3 is 20.7 Å². The molecule has 3 aromatic rings. The molecule has 188 valence electrons. The Kier molecular flexibility index (Phi) is 9.22. The fraction of sp³-hybridized carbons (Fsp3) is 0.276. The van der Waals surface area contributed by atoms with Crippen LogP contribution in [-0.4, -0.2) is 30.1 Å². The molecule has 0 aliphatic rings. The van der Waals surface area contributed by atoms with Gasteiger partial charge in [-0.2, -0.15) is 0 Å². The van der Waals surface area contributed by atoms with Crippen molar-refractivity contribution in [2.24, 2.45) is 0 Å². The first-order valence-corrected chi connectivity index (χ1v) is 11.9. The molecule has 0 aliphatic carbocycles. The number of hydrogen-bond donors (Lipinski definition) is 3. The number of anilines is 1. The van der Waals surface area contributed by atoms with E-state index in [1.807, 2.05) is 84.9 Å². The van der Waals surface area contributed by atoms with Crippen LogP contribution < -0.4 is 16.0 Å².